The minimum absolute atomic E-state index is 0.0902. The number of nitrogens with zero attached hydrogens (tertiary/aromatic N) is 3. The lowest BCUT2D eigenvalue weighted by Crippen LogP contribution is -2.22. The summed E-state index contributed by atoms with van der Waals surface area (Å²) in [5.41, 5.74) is 2.82. The van der Waals surface area contributed by atoms with Gasteiger partial charge in [0, 0.05) is 53.3 Å². The molecule has 0 aliphatic carbocycles. The minimum Gasteiger partial charge on any atom is -0.344 e. The van der Waals surface area contributed by atoms with Gasteiger partial charge in [0.2, 0.25) is 0 Å². The Bertz CT molecular complexity index is 1090. The fourth-order valence-corrected chi connectivity index (χ4v) is 3.36. The average molecular weight is 398 g/mol. The molecule has 0 spiro atoms. The second-order valence-corrected chi connectivity index (χ2v) is 7.18. The molecule has 0 fully saturated rings. The van der Waals surface area contributed by atoms with Gasteiger partial charge in [0.1, 0.15) is 11.6 Å². The quantitative estimate of drug-likeness (QED) is 0.459. The summed E-state index contributed by atoms with van der Waals surface area (Å²) < 4.78 is 2.05. The van der Waals surface area contributed by atoms with E-state index in [1.54, 1.807) is 32.3 Å². The summed E-state index contributed by atoms with van der Waals surface area (Å²) >= 11 is 12.3. The molecule has 1 amide bonds. The molecule has 2 aromatic carbocycles. The van der Waals surface area contributed by atoms with E-state index in [2.05, 4.69) is 0 Å². The Balaban J connectivity index is 2.09. The molecule has 0 aliphatic rings. The molecule has 136 valence electrons. The first-order valence-electron chi connectivity index (χ1n) is 8.26. The number of likely N-dealkylation sites (N-methyl/N-ethyl adjacent to an activating group) is 1. The van der Waals surface area contributed by atoms with Gasteiger partial charge in [0.15, 0.2) is 0 Å². The van der Waals surface area contributed by atoms with E-state index >= 15 is 0 Å². The van der Waals surface area contributed by atoms with Gasteiger partial charge in [-0.15, -0.1) is 0 Å². The Kier molecular flexibility index (Phi) is 5.55. The van der Waals surface area contributed by atoms with E-state index in [9.17, 15) is 10.1 Å². The van der Waals surface area contributed by atoms with E-state index in [1.807, 2.05) is 47.2 Å². The number of nitriles is 1. The monoisotopic (exact) mass is 397 g/mol. The first-order chi connectivity index (χ1) is 12.9. The fraction of sp³-hybridized carbons (Fsp3) is 0.143. The van der Waals surface area contributed by atoms with Crippen molar-refractivity contribution in [2.75, 3.05) is 14.1 Å². The van der Waals surface area contributed by atoms with Crippen molar-refractivity contribution in [1.82, 2.24) is 9.47 Å². The Morgan fingerprint density at radius 1 is 1.22 bits per heavy atom. The lowest BCUT2D eigenvalue weighted by Gasteiger charge is -2.08. The number of hydrogen-bond donors (Lipinski definition) is 0. The molecule has 0 saturated heterocycles. The van der Waals surface area contributed by atoms with Crippen molar-refractivity contribution in [3.05, 3.63) is 75.4 Å². The van der Waals surface area contributed by atoms with Crippen LogP contribution >= 0.6 is 23.2 Å². The molecule has 0 saturated carbocycles. The summed E-state index contributed by atoms with van der Waals surface area (Å²) in [5, 5.41) is 11.5. The van der Waals surface area contributed by atoms with Crippen molar-refractivity contribution in [3.63, 3.8) is 0 Å². The molecule has 1 aromatic heterocycles. The molecule has 0 atom stereocenters. The van der Waals surface area contributed by atoms with Gasteiger partial charge in [0.05, 0.1) is 0 Å². The van der Waals surface area contributed by atoms with Crippen molar-refractivity contribution in [2.24, 2.45) is 0 Å². The third-order valence-electron chi connectivity index (χ3n) is 4.23. The number of aromatic nitrogens is 1. The first kappa shape index (κ1) is 19.0. The van der Waals surface area contributed by atoms with Gasteiger partial charge in [0.25, 0.3) is 5.91 Å². The van der Waals surface area contributed by atoms with E-state index in [1.165, 1.54) is 4.90 Å². The van der Waals surface area contributed by atoms with E-state index < -0.39 is 0 Å². The molecule has 3 rings (SSSR count). The van der Waals surface area contributed by atoms with Crippen LogP contribution in [0.2, 0.25) is 10.0 Å². The molecular formula is C21H17Cl2N3O. The summed E-state index contributed by atoms with van der Waals surface area (Å²) in [5.74, 6) is -0.324. The minimum atomic E-state index is -0.324. The first-order valence-corrected chi connectivity index (χ1v) is 9.01. The molecule has 0 aliphatic heterocycles. The van der Waals surface area contributed by atoms with Gasteiger partial charge in [-0.2, -0.15) is 5.26 Å². The highest BCUT2D eigenvalue weighted by molar-refractivity contribution is 6.35. The molecule has 6 heteroatoms. The predicted molar refractivity (Wildman–Crippen MR) is 110 cm³/mol. The SMILES string of the molecule is CN(C)C(=O)/C(C#N)=C\c1cn(Cc2ccc(Cl)cc2Cl)c2ccccc12. The van der Waals surface area contributed by atoms with Crippen LogP contribution in [0.3, 0.4) is 0 Å². The maximum absolute atomic E-state index is 12.2. The van der Waals surface area contributed by atoms with Crippen LogP contribution in [-0.4, -0.2) is 29.5 Å². The van der Waals surface area contributed by atoms with Gasteiger partial charge in [-0.1, -0.05) is 47.5 Å². The summed E-state index contributed by atoms with van der Waals surface area (Å²) in [6.07, 6.45) is 3.56. The van der Waals surface area contributed by atoms with Crippen molar-refractivity contribution in [1.29, 1.82) is 5.26 Å². The molecule has 0 radical (unpaired) electrons. The molecular weight excluding hydrogens is 381 g/mol. The van der Waals surface area contributed by atoms with Crippen LogP contribution in [0, 0.1) is 11.3 Å². The zero-order chi connectivity index (χ0) is 19.6. The van der Waals surface area contributed by atoms with Crippen molar-refractivity contribution >= 4 is 46.1 Å². The fourth-order valence-electron chi connectivity index (χ4n) is 2.89. The molecule has 0 N–H and O–H groups in total. The van der Waals surface area contributed by atoms with Gasteiger partial charge in [-0.05, 0) is 29.8 Å². The number of benzene rings is 2. The van der Waals surface area contributed by atoms with Crippen LogP contribution in [0.1, 0.15) is 11.1 Å². The molecule has 0 unspecified atom stereocenters. The van der Waals surface area contributed by atoms with Crippen LogP contribution in [0.15, 0.2) is 54.2 Å². The van der Waals surface area contributed by atoms with Crippen LogP contribution in [-0.2, 0) is 11.3 Å². The maximum Gasteiger partial charge on any atom is 0.264 e. The number of rotatable bonds is 4. The normalized spacial score (nSPS) is 11.4. The Hall–Kier alpha value is -2.74. The van der Waals surface area contributed by atoms with Crippen LogP contribution in [0.25, 0.3) is 17.0 Å². The largest absolute Gasteiger partial charge is 0.344 e. The molecule has 3 aromatic rings. The van der Waals surface area contributed by atoms with E-state index in [4.69, 9.17) is 23.2 Å². The number of fused-ring (bicyclic) bond motifs is 1. The van der Waals surface area contributed by atoms with E-state index in [-0.39, 0.29) is 11.5 Å². The third-order valence-corrected chi connectivity index (χ3v) is 4.82. The van der Waals surface area contributed by atoms with Gasteiger partial charge >= 0.3 is 0 Å². The van der Waals surface area contributed by atoms with Gasteiger partial charge in [-0.25, -0.2) is 0 Å². The summed E-state index contributed by atoms with van der Waals surface area (Å²) in [7, 11) is 3.25. The standard InChI is InChI=1S/C21H17Cl2N3O/c1-25(2)21(27)15(11-24)9-16-13-26(20-6-4-3-5-18(16)20)12-14-7-8-17(22)10-19(14)23/h3-10,13H,12H2,1-2H3/b15-9-. The molecule has 0 bridgehead atoms. The van der Waals surface area contributed by atoms with Crippen molar-refractivity contribution in [3.8, 4) is 6.07 Å². The second kappa shape index (κ2) is 7.87. The lowest BCUT2D eigenvalue weighted by molar-refractivity contribution is -0.124. The maximum atomic E-state index is 12.2. The number of amides is 1. The number of para-hydroxylation sites is 1. The third kappa shape index (κ3) is 4.00. The highest BCUT2D eigenvalue weighted by Crippen LogP contribution is 2.27. The van der Waals surface area contributed by atoms with E-state index in [0.29, 0.717) is 16.6 Å². The molecule has 4 nitrogen and oxygen atoms in total. The molecule has 27 heavy (non-hydrogen) atoms. The highest BCUT2D eigenvalue weighted by Gasteiger charge is 2.14. The lowest BCUT2D eigenvalue weighted by atomic mass is 10.1. The summed E-state index contributed by atoms with van der Waals surface area (Å²) in [6, 6.07) is 15.3. The van der Waals surface area contributed by atoms with Crippen LogP contribution in [0.5, 0.6) is 0 Å². The predicted octanol–water partition coefficient (Wildman–Crippen LogP) is 4.99. The Morgan fingerprint density at radius 3 is 2.63 bits per heavy atom. The number of carbonyl (C=O) groups excluding carboxylic acids is 1. The summed E-state index contributed by atoms with van der Waals surface area (Å²) in [6.45, 7) is 0.549. The zero-order valence-corrected chi connectivity index (χ0v) is 16.4. The topological polar surface area (TPSA) is 49.0 Å². The van der Waals surface area contributed by atoms with Gasteiger partial charge in [-0.3, -0.25) is 4.79 Å². The second-order valence-electron chi connectivity index (χ2n) is 6.33. The van der Waals surface area contributed by atoms with Crippen molar-refractivity contribution < 1.29 is 4.79 Å². The number of hydrogen-bond acceptors (Lipinski definition) is 2. The Morgan fingerprint density at radius 2 is 1.96 bits per heavy atom. The number of carbonyl (C=O) groups is 1. The zero-order valence-electron chi connectivity index (χ0n) is 14.9. The smallest absolute Gasteiger partial charge is 0.264 e. The van der Waals surface area contributed by atoms with E-state index in [0.717, 1.165) is 22.0 Å². The van der Waals surface area contributed by atoms with Crippen LogP contribution in [0.4, 0.5) is 0 Å². The Labute approximate surface area is 167 Å². The number of halogens is 2. The van der Waals surface area contributed by atoms with Crippen molar-refractivity contribution in [2.45, 2.75) is 6.54 Å². The highest BCUT2D eigenvalue weighted by atomic mass is 35.5. The summed E-state index contributed by atoms with van der Waals surface area (Å²) in [4.78, 5) is 13.6. The average Bonchev–Trinajstić information content (AvgIpc) is 2.99. The van der Waals surface area contributed by atoms with Crippen LogP contribution < -0.4 is 0 Å². The molecule has 1 heterocycles. The van der Waals surface area contributed by atoms with Gasteiger partial charge < -0.3 is 9.47 Å².